The summed E-state index contributed by atoms with van der Waals surface area (Å²) in [6, 6.07) is 18.3. The van der Waals surface area contributed by atoms with Crippen molar-refractivity contribution in [1.29, 1.82) is 0 Å². The number of nitrogens with zero attached hydrogens (tertiary/aromatic N) is 1. The molecule has 3 rings (SSSR count). The first kappa shape index (κ1) is 14.2. The maximum Gasteiger partial charge on any atom is 0.0967 e. The van der Waals surface area contributed by atoms with E-state index in [0.29, 0.717) is 12.8 Å². The van der Waals surface area contributed by atoms with Crippen LogP contribution >= 0.6 is 11.3 Å². The third-order valence-electron chi connectivity index (χ3n) is 3.85. The number of hydrogen-bond donors (Lipinski definition) is 1. The van der Waals surface area contributed by atoms with E-state index in [2.05, 4.69) is 23.2 Å². The second kappa shape index (κ2) is 5.96. The quantitative estimate of drug-likeness (QED) is 0.765. The van der Waals surface area contributed by atoms with Crippen molar-refractivity contribution in [2.24, 2.45) is 0 Å². The Morgan fingerprint density at radius 3 is 2.43 bits per heavy atom. The zero-order chi connectivity index (χ0) is 14.7. The van der Waals surface area contributed by atoms with Crippen LogP contribution < -0.4 is 0 Å². The molecule has 0 saturated heterocycles. The molecule has 1 unspecified atom stereocenters. The molecular formula is C18H19NOS. The molecule has 2 nitrogen and oxygen atoms in total. The van der Waals surface area contributed by atoms with E-state index < -0.39 is 5.60 Å². The van der Waals surface area contributed by atoms with Gasteiger partial charge in [0.1, 0.15) is 0 Å². The first-order valence-corrected chi connectivity index (χ1v) is 8.11. The molecule has 0 aliphatic carbocycles. The first-order valence-electron chi connectivity index (χ1n) is 7.29. The number of rotatable bonds is 5. The Hall–Kier alpha value is -1.71. The molecule has 2 aromatic carbocycles. The van der Waals surface area contributed by atoms with E-state index in [-0.39, 0.29) is 0 Å². The molecule has 0 bridgehead atoms. The highest BCUT2D eigenvalue weighted by Gasteiger charge is 2.27. The van der Waals surface area contributed by atoms with E-state index in [4.69, 9.17) is 0 Å². The Kier molecular flexibility index (Phi) is 4.04. The highest BCUT2D eigenvalue weighted by molar-refractivity contribution is 7.18. The van der Waals surface area contributed by atoms with Gasteiger partial charge in [0.15, 0.2) is 0 Å². The molecular weight excluding hydrogens is 278 g/mol. The van der Waals surface area contributed by atoms with Crippen LogP contribution in [-0.2, 0) is 12.8 Å². The molecule has 3 heteroatoms. The minimum Gasteiger partial charge on any atom is -0.389 e. The summed E-state index contributed by atoms with van der Waals surface area (Å²) in [6.45, 7) is 2.04. The summed E-state index contributed by atoms with van der Waals surface area (Å²) in [6.07, 6.45) is 2.00. The van der Waals surface area contributed by atoms with Gasteiger partial charge in [0, 0.05) is 12.8 Å². The van der Waals surface area contributed by atoms with Crippen molar-refractivity contribution in [3.8, 4) is 0 Å². The average molecular weight is 297 g/mol. The van der Waals surface area contributed by atoms with Gasteiger partial charge in [0.2, 0.25) is 0 Å². The van der Waals surface area contributed by atoms with Crippen molar-refractivity contribution >= 4 is 21.6 Å². The molecule has 1 aromatic heterocycles. The number of benzene rings is 2. The summed E-state index contributed by atoms with van der Waals surface area (Å²) in [7, 11) is 0. The largest absolute Gasteiger partial charge is 0.389 e. The third kappa shape index (κ3) is 3.31. The predicted molar refractivity (Wildman–Crippen MR) is 88.7 cm³/mol. The van der Waals surface area contributed by atoms with Crippen LogP contribution in [0.3, 0.4) is 0 Å². The number of fused-ring (bicyclic) bond motifs is 1. The highest BCUT2D eigenvalue weighted by atomic mass is 32.1. The van der Waals surface area contributed by atoms with E-state index in [1.54, 1.807) is 11.3 Å². The van der Waals surface area contributed by atoms with Crippen LogP contribution in [0.5, 0.6) is 0 Å². The van der Waals surface area contributed by atoms with Gasteiger partial charge in [-0.1, -0.05) is 49.4 Å². The number of hydrogen-bond acceptors (Lipinski definition) is 3. The van der Waals surface area contributed by atoms with E-state index >= 15 is 0 Å². The maximum atomic E-state index is 10.9. The summed E-state index contributed by atoms with van der Waals surface area (Å²) in [5.41, 5.74) is 1.47. The van der Waals surface area contributed by atoms with Gasteiger partial charge in [0.05, 0.1) is 20.8 Å². The van der Waals surface area contributed by atoms with E-state index in [1.807, 2.05) is 43.3 Å². The van der Waals surface area contributed by atoms with Crippen molar-refractivity contribution in [2.75, 3.05) is 0 Å². The lowest BCUT2D eigenvalue weighted by Crippen LogP contribution is -2.33. The van der Waals surface area contributed by atoms with Crippen LogP contribution in [0.1, 0.15) is 23.9 Å². The minimum absolute atomic E-state index is 0.609. The molecule has 21 heavy (non-hydrogen) atoms. The molecule has 1 N–H and O–H groups in total. The number of para-hydroxylation sites is 1. The first-order chi connectivity index (χ1) is 10.2. The molecule has 0 amide bonds. The summed E-state index contributed by atoms with van der Waals surface area (Å²) in [5.74, 6) is 0. The van der Waals surface area contributed by atoms with Crippen molar-refractivity contribution in [2.45, 2.75) is 31.8 Å². The van der Waals surface area contributed by atoms with Crippen molar-refractivity contribution in [1.82, 2.24) is 4.98 Å². The topological polar surface area (TPSA) is 33.1 Å². The summed E-state index contributed by atoms with van der Waals surface area (Å²) in [5, 5.41) is 11.9. The van der Waals surface area contributed by atoms with E-state index in [1.165, 1.54) is 10.3 Å². The van der Waals surface area contributed by atoms with Crippen LogP contribution in [-0.4, -0.2) is 15.7 Å². The molecule has 0 radical (unpaired) electrons. The van der Waals surface area contributed by atoms with Crippen LogP contribution in [0.25, 0.3) is 10.2 Å². The molecule has 1 heterocycles. The van der Waals surface area contributed by atoms with Gasteiger partial charge in [-0.2, -0.15) is 0 Å². The van der Waals surface area contributed by atoms with Gasteiger partial charge >= 0.3 is 0 Å². The molecule has 0 fully saturated rings. The number of aliphatic hydroxyl groups is 1. The van der Waals surface area contributed by atoms with Crippen molar-refractivity contribution in [3.05, 3.63) is 65.2 Å². The third-order valence-corrected chi connectivity index (χ3v) is 4.89. The molecule has 0 aliphatic rings. The van der Waals surface area contributed by atoms with Gasteiger partial charge in [0.25, 0.3) is 0 Å². The second-order valence-corrected chi connectivity index (χ2v) is 6.61. The zero-order valence-corrected chi connectivity index (χ0v) is 12.9. The Morgan fingerprint density at radius 1 is 1.00 bits per heavy atom. The van der Waals surface area contributed by atoms with Gasteiger partial charge in [-0.25, -0.2) is 4.98 Å². The fraction of sp³-hybridized carbons (Fsp3) is 0.278. The van der Waals surface area contributed by atoms with Crippen molar-refractivity contribution < 1.29 is 5.11 Å². The van der Waals surface area contributed by atoms with Gasteiger partial charge in [-0.15, -0.1) is 11.3 Å². The molecule has 0 aliphatic heterocycles. The molecule has 3 aromatic rings. The Morgan fingerprint density at radius 2 is 1.71 bits per heavy atom. The van der Waals surface area contributed by atoms with Gasteiger partial charge in [-0.05, 0) is 24.1 Å². The summed E-state index contributed by atoms with van der Waals surface area (Å²) < 4.78 is 1.19. The monoisotopic (exact) mass is 297 g/mol. The SMILES string of the molecule is CCC(O)(Cc1ccccc1)Cc1nc2ccccc2s1. The average Bonchev–Trinajstić information content (AvgIpc) is 2.90. The molecule has 0 spiro atoms. The standard InChI is InChI=1S/C18H19NOS/c1-2-18(20,12-14-8-4-3-5-9-14)13-17-19-15-10-6-7-11-16(15)21-17/h3-11,20H,2,12-13H2,1H3. The molecule has 0 saturated carbocycles. The molecule has 108 valence electrons. The van der Waals surface area contributed by atoms with Crippen LogP contribution in [0.2, 0.25) is 0 Å². The lowest BCUT2D eigenvalue weighted by molar-refractivity contribution is 0.0368. The van der Waals surface area contributed by atoms with Crippen LogP contribution in [0.4, 0.5) is 0 Å². The van der Waals surface area contributed by atoms with Gasteiger partial charge < -0.3 is 5.11 Å². The second-order valence-electron chi connectivity index (χ2n) is 5.49. The normalized spacial score (nSPS) is 14.2. The van der Waals surface area contributed by atoms with Crippen LogP contribution in [0.15, 0.2) is 54.6 Å². The maximum absolute atomic E-state index is 10.9. The molecule has 1 atom stereocenters. The fourth-order valence-corrected chi connectivity index (χ4v) is 3.67. The highest BCUT2D eigenvalue weighted by Crippen LogP contribution is 2.28. The lowest BCUT2D eigenvalue weighted by Gasteiger charge is -2.26. The Labute approximate surface area is 129 Å². The van der Waals surface area contributed by atoms with E-state index in [9.17, 15) is 5.11 Å². The Bertz CT molecular complexity index is 689. The summed E-state index contributed by atoms with van der Waals surface area (Å²) in [4.78, 5) is 4.65. The number of aromatic nitrogens is 1. The zero-order valence-electron chi connectivity index (χ0n) is 12.1. The summed E-state index contributed by atoms with van der Waals surface area (Å²) >= 11 is 1.68. The fourth-order valence-electron chi connectivity index (χ4n) is 2.57. The van der Waals surface area contributed by atoms with E-state index in [0.717, 1.165) is 16.9 Å². The lowest BCUT2D eigenvalue weighted by atomic mass is 9.89. The van der Waals surface area contributed by atoms with Gasteiger partial charge in [-0.3, -0.25) is 0 Å². The van der Waals surface area contributed by atoms with Crippen molar-refractivity contribution in [3.63, 3.8) is 0 Å². The van der Waals surface area contributed by atoms with Crippen LogP contribution in [0, 0.1) is 0 Å². The Balaban J connectivity index is 1.82. The predicted octanol–water partition coefficient (Wildman–Crippen LogP) is 4.22. The minimum atomic E-state index is -0.727. The number of thiazole rings is 1. The smallest absolute Gasteiger partial charge is 0.0967 e.